The first-order valence-corrected chi connectivity index (χ1v) is 4.66. The number of H-pyrrole nitrogens is 1. The lowest BCUT2D eigenvalue weighted by atomic mass is 10.0. The molecule has 0 fully saturated rings. The van der Waals surface area contributed by atoms with Crippen LogP contribution < -0.4 is 0 Å². The van der Waals surface area contributed by atoms with E-state index in [0.717, 1.165) is 5.52 Å². The van der Waals surface area contributed by atoms with Crippen molar-refractivity contribution in [2.45, 2.75) is 12.3 Å². The Kier molecular flexibility index (Phi) is 2.38. The van der Waals surface area contributed by atoms with Crippen molar-refractivity contribution < 1.29 is 18.7 Å². The van der Waals surface area contributed by atoms with E-state index in [1.165, 1.54) is 18.2 Å². The maximum Gasteiger partial charge on any atom is 0.309 e. The number of aromatic amines is 1. The van der Waals surface area contributed by atoms with Crippen molar-refractivity contribution in [3.05, 3.63) is 36.0 Å². The van der Waals surface area contributed by atoms with Crippen LogP contribution in [-0.2, 0) is 10.7 Å². The van der Waals surface area contributed by atoms with Gasteiger partial charge >= 0.3 is 5.97 Å². The normalized spacial score (nSPS) is 11.9. The van der Waals surface area contributed by atoms with Gasteiger partial charge in [0, 0.05) is 17.3 Å². The molecule has 16 heavy (non-hydrogen) atoms. The van der Waals surface area contributed by atoms with E-state index in [-0.39, 0.29) is 5.56 Å². The van der Waals surface area contributed by atoms with Gasteiger partial charge in [-0.05, 0) is 23.6 Å². The molecular weight excluding hydrogens is 216 g/mol. The van der Waals surface area contributed by atoms with Crippen LogP contribution >= 0.6 is 0 Å². The Morgan fingerprint density at radius 3 is 2.81 bits per heavy atom. The fourth-order valence-electron chi connectivity index (χ4n) is 1.57. The third-order valence-electron chi connectivity index (χ3n) is 2.35. The maximum absolute atomic E-state index is 13.4. The van der Waals surface area contributed by atoms with E-state index in [1.807, 2.05) is 0 Å². The van der Waals surface area contributed by atoms with Crippen LogP contribution in [0.5, 0.6) is 0 Å². The third kappa shape index (κ3) is 1.88. The third-order valence-corrected chi connectivity index (χ3v) is 2.35. The Morgan fingerprint density at radius 2 is 2.12 bits per heavy atom. The highest BCUT2D eigenvalue weighted by Crippen LogP contribution is 2.33. The molecule has 0 aliphatic rings. The molecular formula is C11H9F2NO2. The summed E-state index contributed by atoms with van der Waals surface area (Å²) in [4.78, 5) is 13.2. The van der Waals surface area contributed by atoms with Crippen LogP contribution in [0.25, 0.3) is 10.9 Å². The summed E-state index contributed by atoms with van der Waals surface area (Å²) >= 11 is 0. The zero-order chi connectivity index (χ0) is 11.8. The van der Waals surface area contributed by atoms with Crippen molar-refractivity contribution in [2.24, 2.45) is 0 Å². The van der Waals surface area contributed by atoms with Gasteiger partial charge in [0.05, 0.1) is 0 Å². The van der Waals surface area contributed by atoms with E-state index >= 15 is 0 Å². The predicted molar refractivity (Wildman–Crippen MR) is 54.4 cm³/mol. The minimum atomic E-state index is -3.34. The van der Waals surface area contributed by atoms with Gasteiger partial charge in [-0.25, -0.2) is 8.78 Å². The van der Waals surface area contributed by atoms with Crippen LogP contribution in [0.2, 0.25) is 0 Å². The zero-order valence-corrected chi connectivity index (χ0v) is 8.21. The average Bonchev–Trinajstić information content (AvgIpc) is 2.61. The minimum absolute atomic E-state index is 0.276. The highest BCUT2D eigenvalue weighted by atomic mass is 19.3. The van der Waals surface area contributed by atoms with Gasteiger partial charge in [-0.3, -0.25) is 4.79 Å². The summed E-state index contributed by atoms with van der Waals surface area (Å²) in [7, 11) is 0. The first kappa shape index (κ1) is 10.6. The van der Waals surface area contributed by atoms with Gasteiger partial charge in [0.25, 0.3) is 5.92 Å². The molecule has 84 valence electrons. The van der Waals surface area contributed by atoms with Gasteiger partial charge in [0.2, 0.25) is 0 Å². The summed E-state index contributed by atoms with van der Waals surface area (Å²) in [5.41, 5.74) is 0.469. The Hall–Kier alpha value is -1.91. The van der Waals surface area contributed by atoms with Gasteiger partial charge in [-0.1, -0.05) is 6.07 Å². The molecule has 0 aliphatic carbocycles. The zero-order valence-electron chi connectivity index (χ0n) is 8.21. The molecule has 1 aromatic heterocycles. The molecule has 0 spiro atoms. The molecule has 2 rings (SSSR count). The second kappa shape index (κ2) is 3.59. The van der Waals surface area contributed by atoms with Crippen LogP contribution in [-0.4, -0.2) is 16.1 Å². The topological polar surface area (TPSA) is 53.1 Å². The lowest BCUT2D eigenvalue weighted by molar-refractivity contribution is -0.145. The number of aliphatic carboxylic acids is 1. The first-order chi connectivity index (χ1) is 7.49. The largest absolute Gasteiger partial charge is 0.481 e. The summed E-state index contributed by atoms with van der Waals surface area (Å²) < 4.78 is 26.9. The molecule has 3 nitrogen and oxygen atoms in total. The number of hydrogen-bond acceptors (Lipinski definition) is 1. The molecule has 1 aromatic carbocycles. The number of hydrogen-bond donors (Lipinski definition) is 2. The quantitative estimate of drug-likeness (QED) is 0.843. The van der Waals surface area contributed by atoms with E-state index in [1.54, 1.807) is 12.3 Å². The Morgan fingerprint density at radius 1 is 1.38 bits per heavy atom. The number of carboxylic acid groups (broad SMARTS) is 1. The van der Waals surface area contributed by atoms with Gasteiger partial charge in [-0.2, -0.15) is 0 Å². The summed E-state index contributed by atoms with van der Waals surface area (Å²) in [6, 6.07) is 5.71. The van der Waals surface area contributed by atoms with E-state index in [9.17, 15) is 13.6 Å². The smallest absolute Gasteiger partial charge is 0.309 e. The number of aromatic nitrogens is 1. The molecule has 0 saturated carbocycles. The molecule has 0 unspecified atom stereocenters. The summed E-state index contributed by atoms with van der Waals surface area (Å²) in [5.74, 6) is -4.85. The highest BCUT2D eigenvalue weighted by molar-refractivity contribution is 5.80. The molecule has 2 N–H and O–H groups in total. The Bertz CT molecular complexity index is 534. The van der Waals surface area contributed by atoms with Gasteiger partial charge in [-0.15, -0.1) is 0 Å². The number of nitrogens with one attached hydrogen (secondary N) is 1. The molecule has 0 bridgehead atoms. The van der Waals surface area contributed by atoms with E-state index in [0.29, 0.717) is 5.39 Å². The number of halogens is 2. The summed E-state index contributed by atoms with van der Waals surface area (Å²) in [6.45, 7) is 0. The lowest BCUT2D eigenvalue weighted by Crippen LogP contribution is -2.18. The molecule has 0 aliphatic heterocycles. The molecule has 0 atom stereocenters. The monoisotopic (exact) mass is 225 g/mol. The number of alkyl halides is 2. The number of benzene rings is 1. The standard InChI is InChI=1S/C11H9F2NO2/c12-11(13,6-10(15)16)8-1-2-9-7(5-8)3-4-14-9/h1-5,14H,6H2,(H,15,16). The molecule has 2 aromatic rings. The van der Waals surface area contributed by atoms with Crippen LogP contribution in [0.1, 0.15) is 12.0 Å². The number of rotatable bonds is 3. The molecule has 0 saturated heterocycles. The van der Waals surface area contributed by atoms with Gasteiger partial charge < -0.3 is 10.1 Å². The van der Waals surface area contributed by atoms with Crippen molar-refractivity contribution in [1.82, 2.24) is 4.98 Å². The fraction of sp³-hybridized carbons (Fsp3) is 0.182. The lowest BCUT2D eigenvalue weighted by Gasteiger charge is -2.14. The van der Waals surface area contributed by atoms with Gasteiger partial charge in [0.1, 0.15) is 6.42 Å². The molecule has 0 amide bonds. The highest BCUT2D eigenvalue weighted by Gasteiger charge is 2.34. The fourth-order valence-corrected chi connectivity index (χ4v) is 1.57. The van der Waals surface area contributed by atoms with E-state index in [2.05, 4.69) is 4.98 Å². The van der Waals surface area contributed by atoms with E-state index in [4.69, 9.17) is 5.11 Å². The van der Waals surface area contributed by atoms with Crippen LogP contribution in [0.15, 0.2) is 30.5 Å². The van der Waals surface area contributed by atoms with Gasteiger partial charge in [0.15, 0.2) is 0 Å². The number of carboxylic acids is 1. The van der Waals surface area contributed by atoms with Crippen LogP contribution in [0, 0.1) is 0 Å². The SMILES string of the molecule is O=C(O)CC(F)(F)c1ccc2[nH]ccc2c1. The minimum Gasteiger partial charge on any atom is -0.481 e. The molecule has 5 heteroatoms. The van der Waals surface area contributed by atoms with Crippen molar-refractivity contribution in [2.75, 3.05) is 0 Å². The van der Waals surface area contributed by atoms with Crippen molar-refractivity contribution >= 4 is 16.9 Å². The second-order valence-corrected chi connectivity index (χ2v) is 3.55. The summed E-state index contributed by atoms with van der Waals surface area (Å²) in [5, 5.41) is 9.04. The Labute approximate surface area is 89.7 Å². The van der Waals surface area contributed by atoms with Crippen LogP contribution in [0.4, 0.5) is 8.78 Å². The maximum atomic E-state index is 13.4. The van der Waals surface area contributed by atoms with Crippen molar-refractivity contribution in [3.63, 3.8) is 0 Å². The van der Waals surface area contributed by atoms with Crippen molar-refractivity contribution in [3.8, 4) is 0 Å². The average molecular weight is 225 g/mol. The first-order valence-electron chi connectivity index (χ1n) is 4.66. The molecule has 0 radical (unpaired) electrons. The summed E-state index contributed by atoms with van der Waals surface area (Å²) in [6.07, 6.45) is 0.451. The predicted octanol–water partition coefficient (Wildman–Crippen LogP) is 2.73. The molecule has 1 heterocycles. The van der Waals surface area contributed by atoms with Crippen LogP contribution in [0.3, 0.4) is 0 Å². The Balaban J connectivity index is 2.41. The number of carbonyl (C=O) groups is 1. The second-order valence-electron chi connectivity index (χ2n) is 3.55. The van der Waals surface area contributed by atoms with Crippen molar-refractivity contribution in [1.29, 1.82) is 0 Å². The van der Waals surface area contributed by atoms with E-state index < -0.39 is 18.3 Å². The number of fused-ring (bicyclic) bond motifs is 1.